The van der Waals surface area contributed by atoms with Crippen LogP contribution in [-0.4, -0.2) is 65.7 Å². The Morgan fingerprint density at radius 3 is 2.40 bits per heavy atom. The molecule has 0 spiro atoms. The largest absolute Gasteiger partial charge is 0.480 e. The summed E-state index contributed by atoms with van der Waals surface area (Å²) in [5, 5.41) is 11.9. The summed E-state index contributed by atoms with van der Waals surface area (Å²) in [5.41, 5.74) is 0. The maximum absolute atomic E-state index is 12.2. The molecule has 0 aromatic rings. The smallest absolute Gasteiger partial charge is 0.317 e. The molecule has 0 aromatic heterocycles. The molecule has 1 saturated heterocycles. The van der Waals surface area contributed by atoms with Gasteiger partial charge in [-0.25, -0.2) is 4.79 Å². The second-order valence-corrected chi connectivity index (χ2v) is 5.89. The van der Waals surface area contributed by atoms with Gasteiger partial charge in [0.15, 0.2) is 0 Å². The minimum absolute atomic E-state index is 0.00692. The van der Waals surface area contributed by atoms with E-state index < -0.39 is 5.97 Å². The molecule has 114 valence electrons. The molecular weight excluding hydrogens is 258 g/mol. The fourth-order valence-corrected chi connectivity index (χ4v) is 2.65. The quantitative estimate of drug-likeness (QED) is 0.762. The number of nitrogens with one attached hydrogen (secondary N) is 1. The average molecular weight is 283 g/mol. The number of hydrogen-bond donors (Lipinski definition) is 2. The first kappa shape index (κ1) is 15.1. The van der Waals surface area contributed by atoms with Gasteiger partial charge < -0.3 is 15.3 Å². The summed E-state index contributed by atoms with van der Waals surface area (Å²) in [6.45, 7) is 4.67. The summed E-state index contributed by atoms with van der Waals surface area (Å²) in [5.74, 6) is 0.00560. The van der Waals surface area contributed by atoms with Crippen LogP contribution in [0, 0.1) is 5.92 Å². The van der Waals surface area contributed by atoms with E-state index in [0.717, 1.165) is 18.8 Å². The zero-order valence-corrected chi connectivity index (χ0v) is 12.2. The van der Waals surface area contributed by atoms with Crippen LogP contribution in [0.2, 0.25) is 0 Å². The summed E-state index contributed by atoms with van der Waals surface area (Å²) in [4.78, 5) is 26.5. The fourth-order valence-electron chi connectivity index (χ4n) is 2.65. The van der Waals surface area contributed by atoms with Crippen LogP contribution < -0.4 is 5.32 Å². The van der Waals surface area contributed by atoms with Gasteiger partial charge in [0.1, 0.15) is 0 Å². The number of carbonyl (C=O) groups is 2. The second kappa shape index (κ2) is 6.92. The molecule has 2 amide bonds. The number of aliphatic carboxylic acids is 1. The molecule has 6 heteroatoms. The van der Waals surface area contributed by atoms with Gasteiger partial charge in [-0.3, -0.25) is 9.69 Å². The van der Waals surface area contributed by atoms with Gasteiger partial charge in [-0.2, -0.15) is 0 Å². The van der Waals surface area contributed by atoms with Gasteiger partial charge in [0.2, 0.25) is 0 Å². The molecule has 1 aliphatic heterocycles. The van der Waals surface area contributed by atoms with Crippen molar-refractivity contribution in [3.63, 3.8) is 0 Å². The molecule has 2 N–H and O–H groups in total. The Bertz CT molecular complexity index is 350. The normalized spacial score (nSPS) is 21.6. The lowest BCUT2D eigenvalue weighted by Crippen LogP contribution is -2.54. The van der Waals surface area contributed by atoms with Crippen molar-refractivity contribution in [2.45, 2.75) is 38.6 Å². The van der Waals surface area contributed by atoms with Crippen molar-refractivity contribution in [1.82, 2.24) is 15.1 Å². The highest BCUT2D eigenvalue weighted by Gasteiger charge is 2.27. The first-order valence-corrected chi connectivity index (χ1v) is 7.58. The van der Waals surface area contributed by atoms with Gasteiger partial charge >= 0.3 is 12.0 Å². The fraction of sp³-hybridized carbons (Fsp3) is 0.857. The van der Waals surface area contributed by atoms with Crippen LogP contribution in [0.1, 0.15) is 32.6 Å². The zero-order valence-electron chi connectivity index (χ0n) is 12.2. The van der Waals surface area contributed by atoms with Crippen LogP contribution in [0.4, 0.5) is 4.79 Å². The van der Waals surface area contributed by atoms with Gasteiger partial charge in [0.25, 0.3) is 0 Å². The van der Waals surface area contributed by atoms with E-state index in [1.165, 1.54) is 12.8 Å². The van der Waals surface area contributed by atoms with Crippen LogP contribution >= 0.6 is 0 Å². The van der Waals surface area contributed by atoms with Gasteiger partial charge in [-0.15, -0.1) is 0 Å². The van der Waals surface area contributed by atoms with Gasteiger partial charge in [0, 0.05) is 32.2 Å². The lowest BCUT2D eigenvalue weighted by molar-refractivity contribution is -0.138. The molecule has 1 aliphatic carbocycles. The van der Waals surface area contributed by atoms with Gasteiger partial charge in [-0.1, -0.05) is 19.8 Å². The molecule has 0 aromatic carbocycles. The molecule has 2 rings (SSSR count). The van der Waals surface area contributed by atoms with Crippen molar-refractivity contribution < 1.29 is 14.7 Å². The summed E-state index contributed by atoms with van der Waals surface area (Å²) in [7, 11) is 0. The first-order valence-electron chi connectivity index (χ1n) is 7.58. The third kappa shape index (κ3) is 4.67. The maximum atomic E-state index is 12.2. The monoisotopic (exact) mass is 283 g/mol. The average Bonchev–Trinajstić information content (AvgIpc) is 3.22. The number of amides is 2. The van der Waals surface area contributed by atoms with E-state index in [4.69, 9.17) is 5.11 Å². The summed E-state index contributed by atoms with van der Waals surface area (Å²) in [6, 6.07) is 0.291. The predicted molar refractivity (Wildman–Crippen MR) is 75.6 cm³/mol. The third-order valence-electron chi connectivity index (χ3n) is 4.15. The van der Waals surface area contributed by atoms with E-state index in [-0.39, 0.29) is 18.6 Å². The predicted octanol–water partition coefficient (Wildman–Crippen LogP) is 0.977. The van der Waals surface area contributed by atoms with E-state index in [1.54, 1.807) is 4.90 Å². The van der Waals surface area contributed by atoms with Crippen LogP contribution in [0.15, 0.2) is 0 Å². The number of carboxylic acids is 1. The topological polar surface area (TPSA) is 72.9 Å². The highest BCUT2D eigenvalue weighted by molar-refractivity contribution is 5.74. The van der Waals surface area contributed by atoms with Gasteiger partial charge in [0.05, 0.1) is 6.54 Å². The number of nitrogens with zero attached hydrogens (tertiary/aromatic N) is 2. The number of piperazine rings is 1. The number of rotatable bonds is 6. The molecule has 1 saturated carbocycles. The van der Waals surface area contributed by atoms with Crippen LogP contribution in [-0.2, 0) is 4.79 Å². The molecule has 2 aliphatic rings. The molecule has 0 radical (unpaired) electrons. The molecule has 6 nitrogen and oxygen atoms in total. The summed E-state index contributed by atoms with van der Waals surface area (Å²) in [6.07, 6.45) is 4.68. The zero-order chi connectivity index (χ0) is 14.5. The van der Waals surface area contributed by atoms with E-state index in [0.29, 0.717) is 26.2 Å². The van der Waals surface area contributed by atoms with Gasteiger partial charge in [-0.05, 0) is 18.8 Å². The number of carbonyl (C=O) groups excluding carboxylic acids is 1. The number of urea groups is 1. The molecular formula is C14H25N3O3. The van der Waals surface area contributed by atoms with Crippen molar-refractivity contribution in [2.75, 3.05) is 32.7 Å². The highest BCUT2D eigenvalue weighted by Crippen LogP contribution is 2.34. The molecule has 1 unspecified atom stereocenters. The summed E-state index contributed by atoms with van der Waals surface area (Å²) < 4.78 is 0. The van der Waals surface area contributed by atoms with Crippen molar-refractivity contribution in [1.29, 1.82) is 0 Å². The SMILES string of the molecule is CCC(CC1CC1)NC(=O)N1CCN(CC(=O)O)CC1. The Kier molecular flexibility index (Phi) is 5.23. The molecule has 0 bridgehead atoms. The molecule has 1 heterocycles. The van der Waals surface area contributed by atoms with Crippen molar-refractivity contribution >= 4 is 12.0 Å². The van der Waals surface area contributed by atoms with Crippen LogP contribution in [0.25, 0.3) is 0 Å². The second-order valence-electron chi connectivity index (χ2n) is 5.89. The van der Waals surface area contributed by atoms with Crippen LogP contribution in [0.5, 0.6) is 0 Å². The Morgan fingerprint density at radius 2 is 1.90 bits per heavy atom. The number of hydrogen-bond acceptors (Lipinski definition) is 3. The lowest BCUT2D eigenvalue weighted by Gasteiger charge is -2.34. The summed E-state index contributed by atoms with van der Waals surface area (Å²) >= 11 is 0. The highest BCUT2D eigenvalue weighted by atomic mass is 16.4. The van der Waals surface area contributed by atoms with E-state index in [1.807, 2.05) is 4.90 Å². The Hall–Kier alpha value is -1.30. The Labute approximate surface area is 120 Å². The lowest BCUT2D eigenvalue weighted by atomic mass is 10.1. The Morgan fingerprint density at radius 1 is 1.25 bits per heavy atom. The molecule has 1 atom stereocenters. The number of carboxylic acid groups (broad SMARTS) is 1. The third-order valence-corrected chi connectivity index (χ3v) is 4.15. The van der Waals surface area contributed by atoms with E-state index in [2.05, 4.69) is 12.2 Å². The Balaban J connectivity index is 1.71. The standard InChI is InChI=1S/C14H25N3O3/c1-2-12(9-11-3-4-11)15-14(20)17-7-5-16(6-8-17)10-13(18)19/h11-12H,2-10H2,1H3,(H,15,20)(H,18,19). The van der Waals surface area contributed by atoms with Crippen LogP contribution in [0.3, 0.4) is 0 Å². The minimum Gasteiger partial charge on any atom is -0.480 e. The first-order chi connectivity index (χ1) is 9.58. The van der Waals surface area contributed by atoms with E-state index >= 15 is 0 Å². The van der Waals surface area contributed by atoms with Crippen molar-refractivity contribution in [2.24, 2.45) is 5.92 Å². The molecule has 2 fully saturated rings. The van der Waals surface area contributed by atoms with Crippen molar-refractivity contribution in [3.05, 3.63) is 0 Å². The maximum Gasteiger partial charge on any atom is 0.317 e. The van der Waals surface area contributed by atoms with Crippen molar-refractivity contribution in [3.8, 4) is 0 Å². The minimum atomic E-state index is -0.807. The van der Waals surface area contributed by atoms with E-state index in [9.17, 15) is 9.59 Å². The molecule has 20 heavy (non-hydrogen) atoms.